The fraction of sp³-hybridized carbons (Fsp3) is 1.00. The minimum absolute atomic E-state index is 0.209. The van der Waals surface area contributed by atoms with Gasteiger partial charge in [0.05, 0.1) is 0 Å². The smallest absolute Gasteiger partial charge is 0.0472 e. The van der Waals surface area contributed by atoms with Crippen molar-refractivity contribution >= 4 is 0 Å². The van der Waals surface area contributed by atoms with Crippen LogP contribution in [0.1, 0.15) is 46.5 Å². The van der Waals surface area contributed by atoms with Crippen molar-refractivity contribution in [1.82, 2.24) is 10.2 Å². The Hall–Kier alpha value is -0.120. The molecule has 0 aromatic heterocycles. The number of hydrogen-bond donors (Lipinski definition) is 1. The molecule has 1 aliphatic heterocycles. The standard InChI is InChI=1S/C16H32N2O/c1-15(2,3)17-12-16(7-9-19-10-8-16)13-18(4)11-14-5-6-14/h14,17H,5-13H2,1-4H3. The summed E-state index contributed by atoms with van der Waals surface area (Å²) in [6, 6.07) is 0. The lowest BCUT2D eigenvalue weighted by Gasteiger charge is -2.42. The highest BCUT2D eigenvalue weighted by molar-refractivity contribution is 4.90. The Morgan fingerprint density at radius 3 is 2.37 bits per heavy atom. The van der Waals surface area contributed by atoms with Crippen molar-refractivity contribution in [2.45, 2.75) is 52.0 Å². The van der Waals surface area contributed by atoms with Gasteiger partial charge in [0, 0.05) is 38.4 Å². The van der Waals surface area contributed by atoms with Crippen LogP contribution in [0, 0.1) is 11.3 Å². The second kappa shape index (κ2) is 6.11. The second-order valence-electron chi connectivity index (χ2n) is 7.86. The number of nitrogens with zero attached hydrogens (tertiary/aromatic N) is 1. The molecule has 1 heterocycles. The van der Waals surface area contributed by atoms with Crippen molar-refractivity contribution in [1.29, 1.82) is 0 Å². The molecule has 1 saturated carbocycles. The summed E-state index contributed by atoms with van der Waals surface area (Å²) in [5.41, 5.74) is 0.621. The Balaban J connectivity index is 1.88. The lowest BCUT2D eigenvalue weighted by Crippen LogP contribution is -2.50. The van der Waals surface area contributed by atoms with Gasteiger partial charge in [0.2, 0.25) is 0 Å². The second-order valence-corrected chi connectivity index (χ2v) is 7.86. The summed E-state index contributed by atoms with van der Waals surface area (Å²) in [7, 11) is 2.30. The molecule has 0 unspecified atom stereocenters. The van der Waals surface area contributed by atoms with Gasteiger partial charge in [0.25, 0.3) is 0 Å². The Morgan fingerprint density at radius 2 is 1.84 bits per heavy atom. The third-order valence-corrected chi connectivity index (χ3v) is 4.42. The minimum Gasteiger partial charge on any atom is -0.381 e. The van der Waals surface area contributed by atoms with Gasteiger partial charge in [-0.25, -0.2) is 0 Å². The minimum atomic E-state index is 0.209. The molecule has 0 bridgehead atoms. The lowest BCUT2D eigenvalue weighted by molar-refractivity contribution is -0.00384. The van der Waals surface area contributed by atoms with E-state index in [2.05, 4.69) is 38.0 Å². The summed E-state index contributed by atoms with van der Waals surface area (Å²) in [6.07, 6.45) is 5.29. The zero-order valence-corrected chi connectivity index (χ0v) is 13.3. The topological polar surface area (TPSA) is 24.5 Å². The molecule has 2 rings (SSSR count). The van der Waals surface area contributed by atoms with Gasteiger partial charge in [0.1, 0.15) is 0 Å². The van der Waals surface area contributed by atoms with Crippen LogP contribution in [0.25, 0.3) is 0 Å². The van der Waals surface area contributed by atoms with E-state index in [1.807, 2.05) is 0 Å². The first-order valence-electron chi connectivity index (χ1n) is 7.90. The van der Waals surface area contributed by atoms with E-state index in [1.54, 1.807) is 0 Å². The van der Waals surface area contributed by atoms with E-state index in [-0.39, 0.29) is 5.54 Å². The van der Waals surface area contributed by atoms with Gasteiger partial charge >= 0.3 is 0 Å². The van der Waals surface area contributed by atoms with Gasteiger partial charge in [0.15, 0.2) is 0 Å². The van der Waals surface area contributed by atoms with E-state index in [0.29, 0.717) is 5.41 Å². The summed E-state index contributed by atoms with van der Waals surface area (Å²) in [5, 5.41) is 3.72. The van der Waals surface area contributed by atoms with Crippen LogP contribution in [0.4, 0.5) is 0 Å². The molecule has 3 heteroatoms. The van der Waals surface area contributed by atoms with Crippen LogP contribution in [0.3, 0.4) is 0 Å². The fourth-order valence-corrected chi connectivity index (χ4v) is 3.03. The maximum Gasteiger partial charge on any atom is 0.0472 e. The predicted octanol–water partition coefficient (Wildman–Crippen LogP) is 2.51. The van der Waals surface area contributed by atoms with Crippen molar-refractivity contribution in [2.75, 3.05) is 39.9 Å². The van der Waals surface area contributed by atoms with Crippen LogP contribution in [0.15, 0.2) is 0 Å². The molecule has 0 aromatic carbocycles. The van der Waals surface area contributed by atoms with E-state index < -0.39 is 0 Å². The summed E-state index contributed by atoms with van der Waals surface area (Å²) in [5.74, 6) is 0.984. The molecule has 0 atom stereocenters. The number of rotatable bonds is 6. The first-order chi connectivity index (χ1) is 8.89. The first-order valence-corrected chi connectivity index (χ1v) is 7.90. The van der Waals surface area contributed by atoms with Gasteiger partial charge in [-0.2, -0.15) is 0 Å². The molecule has 0 aromatic rings. The number of ether oxygens (including phenoxy) is 1. The molecule has 1 aliphatic carbocycles. The van der Waals surface area contributed by atoms with Crippen molar-refractivity contribution < 1.29 is 4.74 Å². The lowest BCUT2D eigenvalue weighted by atomic mass is 9.79. The van der Waals surface area contributed by atoms with Crippen LogP contribution in [-0.4, -0.2) is 50.3 Å². The van der Waals surface area contributed by atoms with Crippen molar-refractivity contribution in [3.63, 3.8) is 0 Å². The van der Waals surface area contributed by atoms with Gasteiger partial charge in [-0.15, -0.1) is 0 Å². The number of hydrogen-bond acceptors (Lipinski definition) is 3. The summed E-state index contributed by atoms with van der Waals surface area (Å²) in [6.45, 7) is 12.3. The van der Waals surface area contributed by atoms with Crippen molar-refractivity contribution in [3.05, 3.63) is 0 Å². The molecule has 2 fully saturated rings. The molecule has 1 N–H and O–H groups in total. The molecule has 19 heavy (non-hydrogen) atoms. The third kappa shape index (κ3) is 5.41. The number of nitrogens with one attached hydrogen (secondary N) is 1. The maximum absolute atomic E-state index is 5.59. The first kappa shape index (κ1) is 15.3. The average Bonchev–Trinajstić information content (AvgIpc) is 3.11. The van der Waals surface area contributed by atoms with Gasteiger partial charge < -0.3 is 15.0 Å². The highest BCUT2D eigenvalue weighted by Gasteiger charge is 2.35. The largest absolute Gasteiger partial charge is 0.381 e. The molecular formula is C16H32N2O. The molecule has 1 saturated heterocycles. The molecule has 0 amide bonds. The highest BCUT2D eigenvalue weighted by atomic mass is 16.5. The zero-order valence-electron chi connectivity index (χ0n) is 13.3. The van der Waals surface area contributed by atoms with Crippen LogP contribution >= 0.6 is 0 Å². The molecule has 0 spiro atoms. The molecule has 112 valence electrons. The maximum atomic E-state index is 5.59. The summed E-state index contributed by atoms with van der Waals surface area (Å²) in [4.78, 5) is 2.56. The zero-order chi connectivity index (χ0) is 13.9. The van der Waals surface area contributed by atoms with E-state index in [0.717, 1.165) is 25.7 Å². The van der Waals surface area contributed by atoms with Gasteiger partial charge in [-0.3, -0.25) is 0 Å². The molecule has 3 nitrogen and oxygen atoms in total. The normalized spacial score (nSPS) is 23.8. The van der Waals surface area contributed by atoms with Crippen LogP contribution in [0.5, 0.6) is 0 Å². The van der Waals surface area contributed by atoms with Gasteiger partial charge in [-0.1, -0.05) is 0 Å². The van der Waals surface area contributed by atoms with Gasteiger partial charge in [-0.05, 0) is 64.8 Å². The Morgan fingerprint density at radius 1 is 1.21 bits per heavy atom. The van der Waals surface area contributed by atoms with E-state index in [1.165, 1.54) is 38.8 Å². The Labute approximate surface area is 119 Å². The predicted molar refractivity (Wildman–Crippen MR) is 80.5 cm³/mol. The quantitative estimate of drug-likeness (QED) is 0.801. The SMILES string of the molecule is CN(CC1CC1)CC1(CNC(C)(C)C)CCOCC1. The summed E-state index contributed by atoms with van der Waals surface area (Å²) >= 11 is 0. The molecule has 0 radical (unpaired) electrons. The summed E-state index contributed by atoms with van der Waals surface area (Å²) < 4.78 is 5.59. The highest BCUT2D eigenvalue weighted by Crippen LogP contribution is 2.34. The fourth-order valence-electron chi connectivity index (χ4n) is 3.03. The van der Waals surface area contributed by atoms with E-state index in [9.17, 15) is 0 Å². The Kier molecular flexibility index (Phi) is 4.91. The Bertz CT molecular complexity index is 275. The average molecular weight is 268 g/mol. The van der Waals surface area contributed by atoms with Crippen LogP contribution in [-0.2, 0) is 4.74 Å². The van der Waals surface area contributed by atoms with E-state index in [4.69, 9.17) is 4.74 Å². The van der Waals surface area contributed by atoms with Crippen LogP contribution < -0.4 is 5.32 Å². The molecule has 2 aliphatic rings. The van der Waals surface area contributed by atoms with Crippen molar-refractivity contribution in [3.8, 4) is 0 Å². The third-order valence-electron chi connectivity index (χ3n) is 4.42. The van der Waals surface area contributed by atoms with Crippen molar-refractivity contribution in [2.24, 2.45) is 11.3 Å². The van der Waals surface area contributed by atoms with E-state index >= 15 is 0 Å². The van der Waals surface area contributed by atoms with Crippen LogP contribution in [0.2, 0.25) is 0 Å². The monoisotopic (exact) mass is 268 g/mol. The molecular weight excluding hydrogens is 236 g/mol.